The summed E-state index contributed by atoms with van der Waals surface area (Å²) in [6.45, 7) is 11.5. The van der Waals surface area contributed by atoms with Crippen LogP contribution < -0.4 is 10.6 Å². The summed E-state index contributed by atoms with van der Waals surface area (Å²) in [5.41, 5.74) is 1.78. The maximum atomic E-state index is 12.0. The van der Waals surface area contributed by atoms with E-state index in [9.17, 15) is 4.79 Å². The van der Waals surface area contributed by atoms with Gasteiger partial charge in [0.1, 0.15) is 9.88 Å². The Morgan fingerprint density at radius 1 is 1.32 bits per heavy atom. The molecule has 7 nitrogen and oxygen atoms in total. The lowest BCUT2D eigenvalue weighted by Crippen LogP contribution is -2.38. The number of guanidine groups is 1. The zero-order valence-electron chi connectivity index (χ0n) is 17.2. The van der Waals surface area contributed by atoms with Gasteiger partial charge in [0, 0.05) is 30.6 Å². The number of carbonyl (C=O) groups excluding carboxylic acids is 1. The summed E-state index contributed by atoms with van der Waals surface area (Å²) in [7, 11) is 0. The molecule has 0 aromatic carbocycles. The molecule has 0 aliphatic carbocycles. The molecule has 0 saturated carbocycles. The molecule has 0 bridgehead atoms. The molecule has 2 N–H and O–H groups in total. The molecule has 0 fully saturated rings. The molecule has 2 aromatic rings. The third-order valence-electron chi connectivity index (χ3n) is 3.83. The van der Waals surface area contributed by atoms with Gasteiger partial charge >= 0.3 is 5.97 Å². The molecular formula is C19H29N5O2S2. The third kappa shape index (κ3) is 6.56. The van der Waals surface area contributed by atoms with Gasteiger partial charge in [-0.3, -0.25) is 4.99 Å². The van der Waals surface area contributed by atoms with Gasteiger partial charge in [-0.2, -0.15) is 0 Å². The number of nitrogens with one attached hydrogen (secondary N) is 2. The highest BCUT2D eigenvalue weighted by atomic mass is 32.1. The van der Waals surface area contributed by atoms with Crippen LogP contribution in [-0.2, 0) is 11.2 Å². The Kier molecular flexibility index (Phi) is 8.85. The quantitative estimate of drug-likeness (QED) is 0.277. The minimum Gasteiger partial charge on any atom is -0.462 e. The Labute approximate surface area is 174 Å². The van der Waals surface area contributed by atoms with Crippen molar-refractivity contribution in [2.75, 3.05) is 19.7 Å². The number of hydrogen-bond acceptors (Lipinski definition) is 7. The lowest BCUT2D eigenvalue weighted by molar-refractivity contribution is 0.0531. The highest BCUT2D eigenvalue weighted by Gasteiger charge is 2.20. The molecule has 2 heterocycles. The number of rotatable bonds is 9. The van der Waals surface area contributed by atoms with Crippen LogP contribution >= 0.6 is 22.7 Å². The summed E-state index contributed by atoms with van der Waals surface area (Å²) in [5.74, 6) is 0.435. The van der Waals surface area contributed by atoms with E-state index in [1.54, 1.807) is 18.3 Å². The average molecular weight is 424 g/mol. The van der Waals surface area contributed by atoms with Crippen molar-refractivity contribution in [3.63, 3.8) is 0 Å². The number of aliphatic imine (C=N–C) groups is 1. The van der Waals surface area contributed by atoms with E-state index in [2.05, 4.69) is 31.0 Å². The minimum absolute atomic E-state index is 0.0636. The normalized spacial score (nSPS) is 12.7. The van der Waals surface area contributed by atoms with Gasteiger partial charge in [0.05, 0.1) is 23.4 Å². The molecule has 2 aromatic heterocycles. The van der Waals surface area contributed by atoms with Gasteiger partial charge in [-0.05, 0) is 41.0 Å². The van der Waals surface area contributed by atoms with Crippen molar-refractivity contribution in [3.05, 3.63) is 31.7 Å². The summed E-state index contributed by atoms with van der Waals surface area (Å²) in [4.78, 5) is 26.2. The molecule has 0 aliphatic rings. The highest BCUT2D eigenvalue weighted by Crippen LogP contribution is 2.24. The second-order valence-electron chi connectivity index (χ2n) is 6.30. The monoisotopic (exact) mass is 423 g/mol. The fraction of sp³-hybridized carbons (Fsp3) is 0.579. The molecule has 0 amide bonds. The topological polar surface area (TPSA) is 88.5 Å². The maximum Gasteiger partial charge on any atom is 0.350 e. The van der Waals surface area contributed by atoms with Crippen molar-refractivity contribution in [1.29, 1.82) is 0 Å². The summed E-state index contributed by atoms with van der Waals surface area (Å²) in [6, 6.07) is -0.0636. The number of aromatic nitrogens is 2. The molecule has 9 heteroatoms. The van der Waals surface area contributed by atoms with Crippen molar-refractivity contribution < 1.29 is 9.53 Å². The molecular weight excluding hydrogens is 394 g/mol. The zero-order chi connectivity index (χ0) is 20.5. The van der Waals surface area contributed by atoms with Gasteiger partial charge in [-0.25, -0.2) is 14.8 Å². The first-order valence-corrected chi connectivity index (χ1v) is 11.2. The fourth-order valence-corrected chi connectivity index (χ4v) is 4.30. The number of ether oxygens (including phenoxy) is 1. The molecule has 28 heavy (non-hydrogen) atoms. The summed E-state index contributed by atoms with van der Waals surface area (Å²) in [6.07, 6.45) is 1.88. The van der Waals surface area contributed by atoms with E-state index in [1.807, 2.05) is 27.7 Å². The van der Waals surface area contributed by atoms with Crippen LogP contribution in [0.4, 0.5) is 0 Å². The largest absolute Gasteiger partial charge is 0.462 e. The van der Waals surface area contributed by atoms with Crippen LogP contribution in [0, 0.1) is 13.8 Å². The second-order valence-corrected chi connectivity index (χ2v) is 8.27. The summed E-state index contributed by atoms with van der Waals surface area (Å²) in [5, 5.41) is 10.7. The van der Waals surface area contributed by atoms with Gasteiger partial charge in [-0.1, -0.05) is 0 Å². The van der Waals surface area contributed by atoms with Crippen molar-refractivity contribution >= 4 is 34.6 Å². The Bertz CT molecular complexity index is 800. The smallest absolute Gasteiger partial charge is 0.350 e. The Balaban J connectivity index is 1.94. The molecule has 0 saturated heterocycles. The second kappa shape index (κ2) is 11.1. The number of carbonyl (C=O) groups is 1. The molecule has 1 atom stereocenters. The summed E-state index contributed by atoms with van der Waals surface area (Å²) < 4.78 is 5.10. The average Bonchev–Trinajstić information content (AvgIpc) is 3.24. The highest BCUT2D eigenvalue weighted by molar-refractivity contribution is 7.13. The van der Waals surface area contributed by atoms with E-state index >= 15 is 0 Å². The summed E-state index contributed by atoms with van der Waals surface area (Å²) >= 11 is 3.07. The van der Waals surface area contributed by atoms with Gasteiger partial charge in [0.15, 0.2) is 5.96 Å². The van der Waals surface area contributed by atoms with Gasteiger partial charge in [-0.15, -0.1) is 22.7 Å². The molecule has 0 radical (unpaired) electrons. The number of thiazole rings is 2. The predicted octanol–water partition coefficient (Wildman–Crippen LogP) is 3.64. The molecule has 0 aliphatic heterocycles. The predicted molar refractivity (Wildman–Crippen MR) is 116 cm³/mol. The molecule has 154 valence electrons. The number of esters is 1. The van der Waals surface area contributed by atoms with Crippen molar-refractivity contribution in [2.45, 2.75) is 53.5 Å². The van der Waals surface area contributed by atoms with E-state index in [-0.39, 0.29) is 12.0 Å². The fourth-order valence-electron chi connectivity index (χ4n) is 2.51. The number of nitrogens with zero attached hydrogens (tertiary/aromatic N) is 3. The van der Waals surface area contributed by atoms with E-state index in [0.717, 1.165) is 41.1 Å². The van der Waals surface area contributed by atoms with E-state index in [1.165, 1.54) is 11.3 Å². The van der Waals surface area contributed by atoms with Gasteiger partial charge < -0.3 is 15.4 Å². The lowest BCUT2D eigenvalue weighted by atomic mass is 10.3. The van der Waals surface area contributed by atoms with Crippen LogP contribution in [0.2, 0.25) is 0 Å². The number of hydrogen-bond donors (Lipinski definition) is 2. The van der Waals surface area contributed by atoms with Crippen LogP contribution in [0.25, 0.3) is 0 Å². The van der Waals surface area contributed by atoms with E-state index in [4.69, 9.17) is 4.74 Å². The molecule has 0 spiro atoms. The molecule has 1 unspecified atom stereocenters. The van der Waals surface area contributed by atoms with Crippen LogP contribution in [0.3, 0.4) is 0 Å². The maximum absolute atomic E-state index is 12.0. The van der Waals surface area contributed by atoms with Gasteiger partial charge in [0.2, 0.25) is 0 Å². The van der Waals surface area contributed by atoms with Crippen LogP contribution in [-0.4, -0.2) is 41.6 Å². The van der Waals surface area contributed by atoms with Gasteiger partial charge in [0.25, 0.3) is 0 Å². The Hall–Kier alpha value is -2.00. The first-order chi connectivity index (χ1) is 13.4. The van der Waals surface area contributed by atoms with Crippen LogP contribution in [0.1, 0.15) is 64.3 Å². The van der Waals surface area contributed by atoms with Crippen LogP contribution in [0.5, 0.6) is 0 Å². The zero-order valence-corrected chi connectivity index (χ0v) is 18.8. The SMILES string of the molecule is CCNC(=NCCCc1nc(C)cs1)NC(C)c1nc(C)c(C(=O)OCC)s1. The molecule has 2 rings (SSSR count). The Morgan fingerprint density at radius 3 is 2.75 bits per heavy atom. The van der Waals surface area contributed by atoms with Crippen molar-refractivity contribution in [2.24, 2.45) is 4.99 Å². The van der Waals surface area contributed by atoms with E-state index < -0.39 is 0 Å². The Morgan fingerprint density at radius 2 is 2.11 bits per heavy atom. The van der Waals surface area contributed by atoms with Crippen molar-refractivity contribution in [1.82, 2.24) is 20.6 Å². The number of aryl methyl sites for hydroxylation is 3. The third-order valence-corrected chi connectivity index (χ3v) is 6.17. The van der Waals surface area contributed by atoms with E-state index in [0.29, 0.717) is 23.7 Å². The lowest BCUT2D eigenvalue weighted by Gasteiger charge is -2.16. The minimum atomic E-state index is -0.311. The first-order valence-electron chi connectivity index (χ1n) is 9.54. The standard InChI is InChI=1S/C19H29N5O2S2/c1-6-20-19(21-10-8-9-15-22-12(3)11-27-15)24-14(5)17-23-13(4)16(28-17)18(25)26-7-2/h11,14H,6-10H2,1-5H3,(H2,20,21,24). The first kappa shape index (κ1) is 22.3. The van der Waals surface area contributed by atoms with Crippen molar-refractivity contribution in [3.8, 4) is 0 Å². The van der Waals surface area contributed by atoms with Crippen LogP contribution in [0.15, 0.2) is 10.4 Å².